The highest BCUT2D eigenvalue weighted by Gasteiger charge is 2.28. The van der Waals surface area contributed by atoms with E-state index in [4.69, 9.17) is 5.73 Å². The van der Waals surface area contributed by atoms with E-state index in [-0.39, 0.29) is 64.8 Å². The summed E-state index contributed by atoms with van der Waals surface area (Å²) in [6.07, 6.45) is 7.17. The first-order valence-corrected chi connectivity index (χ1v) is 18.4. The number of rotatable bonds is 22. The zero-order chi connectivity index (χ0) is 39.5. The van der Waals surface area contributed by atoms with Gasteiger partial charge in [0.05, 0.1) is 38.8 Å². The van der Waals surface area contributed by atoms with Crippen molar-refractivity contribution in [1.29, 1.82) is 0 Å². The highest BCUT2D eigenvalue weighted by Crippen LogP contribution is 2.11. The lowest BCUT2D eigenvalue weighted by Crippen LogP contribution is -2.51. The summed E-state index contributed by atoms with van der Waals surface area (Å²) >= 11 is 0. The van der Waals surface area contributed by atoms with Gasteiger partial charge in [-0.05, 0) is 16.7 Å². The SMILES string of the molecule is NC(=O)CN(Cc1ccccc1)C(=O)CN(CCc1cnc[nH]1)C(=O)CN(Cc1ccccc1)C(=O)CN(CCc1cnc[nH]1)C(=O)CNCc1ccccc1. The fraction of sp³-hybridized carbons (Fsp3) is 0.293. The van der Waals surface area contributed by atoms with Crippen molar-refractivity contribution in [2.75, 3.05) is 45.8 Å². The van der Waals surface area contributed by atoms with Crippen molar-refractivity contribution in [3.8, 4) is 0 Å². The van der Waals surface area contributed by atoms with Gasteiger partial charge in [-0.2, -0.15) is 0 Å². The van der Waals surface area contributed by atoms with Gasteiger partial charge in [0.25, 0.3) is 0 Å². The predicted octanol–water partition coefficient (Wildman–Crippen LogP) is 1.91. The molecule has 0 aliphatic rings. The van der Waals surface area contributed by atoms with Crippen LogP contribution >= 0.6 is 0 Å². The summed E-state index contributed by atoms with van der Waals surface area (Å²) < 4.78 is 0. The molecule has 3 aromatic carbocycles. The lowest BCUT2D eigenvalue weighted by molar-refractivity contribution is -0.146. The molecule has 5 N–H and O–H groups in total. The third-order valence-corrected chi connectivity index (χ3v) is 9.03. The van der Waals surface area contributed by atoms with E-state index < -0.39 is 23.6 Å². The number of nitrogens with one attached hydrogen (secondary N) is 3. The van der Waals surface area contributed by atoms with Crippen LogP contribution in [0.15, 0.2) is 116 Å². The van der Waals surface area contributed by atoms with E-state index in [1.807, 2.05) is 91.0 Å². The topological polar surface area (TPSA) is 194 Å². The van der Waals surface area contributed by atoms with Crippen LogP contribution in [0.4, 0.5) is 0 Å². The average Bonchev–Trinajstić information content (AvgIpc) is 3.94. The third-order valence-electron chi connectivity index (χ3n) is 9.03. The van der Waals surface area contributed by atoms with Crippen molar-refractivity contribution >= 4 is 29.5 Å². The van der Waals surface area contributed by atoms with E-state index in [1.54, 1.807) is 18.7 Å². The monoisotopic (exact) mass is 760 g/mol. The molecule has 0 unspecified atom stereocenters. The second-order valence-electron chi connectivity index (χ2n) is 13.3. The maximum absolute atomic E-state index is 14.3. The van der Waals surface area contributed by atoms with Gasteiger partial charge in [0.1, 0.15) is 6.54 Å². The van der Waals surface area contributed by atoms with Crippen molar-refractivity contribution in [2.24, 2.45) is 5.73 Å². The van der Waals surface area contributed by atoms with Gasteiger partial charge in [0.15, 0.2) is 0 Å². The Morgan fingerprint density at radius 2 is 0.946 bits per heavy atom. The number of primary amides is 1. The van der Waals surface area contributed by atoms with Gasteiger partial charge in [-0.1, -0.05) is 91.0 Å². The molecule has 5 aromatic rings. The second kappa shape index (κ2) is 21.3. The molecule has 5 amide bonds. The number of aromatic nitrogens is 4. The molecule has 0 radical (unpaired) electrons. The van der Waals surface area contributed by atoms with Gasteiger partial charge < -0.3 is 40.6 Å². The average molecular weight is 761 g/mol. The molecule has 292 valence electrons. The van der Waals surface area contributed by atoms with Crippen LogP contribution in [0, 0.1) is 0 Å². The van der Waals surface area contributed by atoms with Gasteiger partial charge in [-0.15, -0.1) is 0 Å². The molecule has 15 heteroatoms. The molecule has 0 bridgehead atoms. The molecule has 15 nitrogen and oxygen atoms in total. The van der Waals surface area contributed by atoms with Crippen LogP contribution in [0.2, 0.25) is 0 Å². The lowest BCUT2D eigenvalue weighted by atomic mass is 10.2. The van der Waals surface area contributed by atoms with Crippen molar-refractivity contribution in [3.05, 3.63) is 144 Å². The summed E-state index contributed by atoms with van der Waals surface area (Å²) in [6.45, 7) is -0.316. The number of imidazole rings is 2. The molecular weight excluding hydrogens is 713 g/mol. The van der Waals surface area contributed by atoms with Gasteiger partial charge in [-0.25, -0.2) is 9.97 Å². The van der Waals surface area contributed by atoms with E-state index in [9.17, 15) is 24.0 Å². The highest BCUT2D eigenvalue weighted by atomic mass is 16.2. The molecule has 0 fully saturated rings. The number of aromatic amines is 2. The van der Waals surface area contributed by atoms with Crippen molar-refractivity contribution in [3.63, 3.8) is 0 Å². The number of H-pyrrole nitrogens is 2. The second-order valence-corrected chi connectivity index (χ2v) is 13.3. The van der Waals surface area contributed by atoms with Crippen LogP contribution < -0.4 is 11.1 Å². The fourth-order valence-electron chi connectivity index (χ4n) is 6.01. The van der Waals surface area contributed by atoms with Gasteiger partial charge in [0, 0.05) is 69.3 Å². The van der Waals surface area contributed by atoms with Crippen LogP contribution in [0.1, 0.15) is 28.1 Å². The first-order valence-electron chi connectivity index (χ1n) is 18.4. The van der Waals surface area contributed by atoms with E-state index in [2.05, 4.69) is 25.3 Å². The Morgan fingerprint density at radius 1 is 0.536 bits per heavy atom. The Labute approximate surface area is 325 Å². The van der Waals surface area contributed by atoms with E-state index in [0.29, 0.717) is 19.4 Å². The minimum atomic E-state index is -0.689. The van der Waals surface area contributed by atoms with Gasteiger partial charge >= 0.3 is 0 Å². The summed E-state index contributed by atoms with van der Waals surface area (Å²) in [4.78, 5) is 87.8. The molecule has 5 rings (SSSR count). The zero-order valence-corrected chi connectivity index (χ0v) is 31.3. The molecule has 0 saturated carbocycles. The molecule has 0 aliphatic carbocycles. The number of hydrogen-bond donors (Lipinski definition) is 4. The Balaban J connectivity index is 1.34. The maximum Gasteiger partial charge on any atom is 0.242 e. The Morgan fingerprint density at radius 3 is 1.39 bits per heavy atom. The maximum atomic E-state index is 14.3. The minimum Gasteiger partial charge on any atom is -0.368 e. The molecule has 0 saturated heterocycles. The number of carbonyl (C=O) groups is 5. The highest BCUT2D eigenvalue weighted by molar-refractivity contribution is 5.91. The van der Waals surface area contributed by atoms with Crippen LogP contribution in [0.25, 0.3) is 0 Å². The largest absolute Gasteiger partial charge is 0.368 e. The normalized spacial score (nSPS) is 10.8. The number of benzene rings is 3. The quantitative estimate of drug-likeness (QED) is 0.0822. The van der Waals surface area contributed by atoms with Crippen LogP contribution in [0.5, 0.6) is 0 Å². The molecule has 56 heavy (non-hydrogen) atoms. The zero-order valence-electron chi connectivity index (χ0n) is 31.3. The van der Waals surface area contributed by atoms with Crippen molar-refractivity contribution in [1.82, 2.24) is 44.9 Å². The van der Waals surface area contributed by atoms with Crippen LogP contribution in [-0.4, -0.2) is 115 Å². The van der Waals surface area contributed by atoms with Crippen LogP contribution in [-0.2, 0) is 56.4 Å². The Hall–Kier alpha value is -6.61. The number of hydrogen-bond acceptors (Lipinski definition) is 8. The van der Waals surface area contributed by atoms with Gasteiger partial charge in [0.2, 0.25) is 29.5 Å². The third kappa shape index (κ3) is 13.4. The first-order chi connectivity index (χ1) is 27.2. The predicted molar refractivity (Wildman–Crippen MR) is 209 cm³/mol. The summed E-state index contributed by atoms with van der Waals surface area (Å²) in [7, 11) is 0. The number of carbonyl (C=O) groups excluding carboxylic acids is 5. The number of nitrogens with two attached hydrogens (primary N) is 1. The first kappa shape index (κ1) is 40.6. The summed E-state index contributed by atoms with van der Waals surface area (Å²) in [5.74, 6) is -2.38. The molecule has 0 aliphatic heterocycles. The standard InChI is InChI=1S/C41H48N10O5/c42-37(52)26-50(24-33-12-6-2-7-13-33)40(55)28-49(19-17-36-22-45-31-47-36)39(54)29-51(25-34-14-8-3-9-15-34)41(56)27-48(18-16-35-21-44-30-46-35)38(53)23-43-20-32-10-4-1-5-11-32/h1-15,21-22,30-31,43H,16-20,23-29H2,(H2,42,52)(H,44,46)(H,45,47). The minimum absolute atomic E-state index is 0.00294. The lowest BCUT2D eigenvalue weighted by Gasteiger charge is -2.31. The fourth-order valence-corrected chi connectivity index (χ4v) is 6.01. The molecular formula is C41H48N10O5. The molecule has 0 spiro atoms. The Bertz CT molecular complexity index is 1960. The van der Waals surface area contributed by atoms with E-state index in [1.165, 1.54) is 25.9 Å². The van der Waals surface area contributed by atoms with Crippen molar-refractivity contribution in [2.45, 2.75) is 32.5 Å². The number of nitrogens with zero attached hydrogens (tertiary/aromatic N) is 6. The van der Waals surface area contributed by atoms with Crippen LogP contribution in [0.3, 0.4) is 0 Å². The smallest absolute Gasteiger partial charge is 0.242 e. The van der Waals surface area contributed by atoms with E-state index >= 15 is 0 Å². The summed E-state index contributed by atoms with van der Waals surface area (Å²) in [5.41, 5.74) is 9.67. The summed E-state index contributed by atoms with van der Waals surface area (Å²) in [5, 5.41) is 3.18. The van der Waals surface area contributed by atoms with Gasteiger partial charge in [-0.3, -0.25) is 24.0 Å². The number of amides is 5. The molecule has 2 heterocycles. The Kier molecular flexibility index (Phi) is 15.4. The summed E-state index contributed by atoms with van der Waals surface area (Å²) in [6, 6.07) is 28.1. The van der Waals surface area contributed by atoms with Crippen molar-refractivity contribution < 1.29 is 24.0 Å². The molecule has 0 atom stereocenters. The van der Waals surface area contributed by atoms with E-state index in [0.717, 1.165) is 28.1 Å². The molecule has 2 aromatic heterocycles.